The van der Waals surface area contributed by atoms with Gasteiger partial charge in [-0.15, -0.1) is 0 Å². The lowest BCUT2D eigenvalue weighted by molar-refractivity contribution is -0.926. The van der Waals surface area contributed by atoms with Crippen LogP contribution in [-0.2, 0) is 9.84 Å². The number of rotatable bonds is 5. The van der Waals surface area contributed by atoms with E-state index in [0.29, 0.717) is 13.1 Å². The third-order valence-corrected chi connectivity index (χ3v) is 4.43. The highest BCUT2D eigenvalue weighted by Crippen LogP contribution is 2.09. The fourth-order valence-electron chi connectivity index (χ4n) is 2.00. The number of hydrogen-bond acceptors (Lipinski definition) is 5. The molecule has 4 N–H and O–H groups in total. The van der Waals surface area contributed by atoms with Crippen molar-refractivity contribution in [3.05, 3.63) is 0 Å². The van der Waals surface area contributed by atoms with E-state index in [1.54, 1.807) is 0 Å². The minimum absolute atomic E-state index is 0.0660. The summed E-state index contributed by atoms with van der Waals surface area (Å²) in [5.74, 6) is -0.276. The summed E-state index contributed by atoms with van der Waals surface area (Å²) in [5, 5.41) is 27.2. The molecule has 0 aliphatic carbocycles. The van der Waals surface area contributed by atoms with Crippen molar-refractivity contribution in [3.8, 4) is 0 Å². The van der Waals surface area contributed by atoms with Crippen molar-refractivity contribution < 1.29 is 28.6 Å². The lowest BCUT2D eigenvalue weighted by atomic mass is 10.2. The first-order chi connectivity index (χ1) is 7.00. The molecule has 1 heterocycles. The van der Waals surface area contributed by atoms with Crippen molar-refractivity contribution in [2.45, 2.75) is 12.1 Å². The Balaban J connectivity index is 2.67. The van der Waals surface area contributed by atoms with Crippen molar-refractivity contribution in [3.63, 3.8) is 0 Å². The quantitative estimate of drug-likeness (QED) is 0.393. The molecule has 0 amide bonds. The summed E-state index contributed by atoms with van der Waals surface area (Å²) in [6.07, 6.45) is -0.886. The van der Waals surface area contributed by atoms with Crippen LogP contribution in [0.25, 0.3) is 0 Å². The Morgan fingerprint density at radius 2 is 1.67 bits per heavy atom. The number of aliphatic hydroxyl groups excluding tert-OH is 3. The third kappa shape index (κ3) is 3.39. The lowest BCUT2D eigenvalue weighted by Crippen LogP contribution is -3.18. The van der Waals surface area contributed by atoms with Gasteiger partial charge in [0.15, 0.2) is 9.84 Å². The fraction of sp³-hybridized carbons (Fsp3) is 1.00. The molecule has 7 heteroatoms. The second-order valence-electron chi connectivity index (χ2n) is 3.86. The molecular formula is C8H18NO5S+. The van der Waals surface area contributed by atoms with Gasteiger partial charge in [0.05, 0.1) is 19.0 Å². The van der Waals surface area contributed by atoms with Crippen molar-refractivity contribution in [2.75, 3.05) is 37.8 Å². The summed E-state index contributed by atoms with van der Waals surface area (Å²) in [6.45, 7) is 0.521. The fourth-order valence-corrected chi connectivity index (χ4v) is 3.90. The van der Waals surface area contributed by atoms with Crippen LogP contribution in [0.15, 0.2) is 0 Å². The second-order valence-corrected chi connectivity index (χ2v) is 6.01. The van der Waals surface area contributed by atoms with Gasteiger partial charge in [-0.1, -0.05) is 0 Å². The number of quaternary nitrogens is 1. The minimum Gasteiger partial charge on any atom is -0.391 e. The van der Waals surface area contributed by atoms with Gasteiger partial charge < -0.3 is 20.2 Å². The molecule has 0 bridgehead atoms. The average Bonchev–Trinajstić information content (AvgIpc) is 2.39. The minimum atomic E-state index is -3.16. The maximum absolute atomic E-state index is 11.3. The van der Waals surface area contributed by atoms with E-state index < -0.39 is 22.0 Å². The molecule has 0 saturated carbocycles. The highest BCUT2D eigenvalue weighted by molar-refractivity contribution is 7.91. The molecule has 0 spiro atoms. The SMILES string of the molecule is O=S1(=O)C[C@H](O)[C@@H]([NH+](CCO)CCO)C1. The number of sulfone groups is 1. The number of hydrogen-bond donors (Lipinski definition) is 4. The van der Waals surface area contributed by atoms with E-state index in [1.165, 1.54) is 0 Å². The molecule has 1 aliphatic heterocycles. The zero-order chi connectivity index (χ0) is 11.5. The smallest absolute Gasteiger partial charge is 0.159 e. The van der Waals surface area contributed by atoms with Crippen LogP contribution in [0.3, 0.4) is 0 Å². The molecule has 0 radical (unpaired) electrons. The molecule has 2 atom stereocenters. The van der Waals surface area contributed by atoms with Gasteiger partial charge in [0.1, 0.15) is 31.0 Å². The largest absolute Gasteiger partial charge is 0.391 e. The van der Waals surface area contributed by atoms with Gasteiger partial charge in [-0.2, -0.15) is 0 Å². The zero-order valence-corrected chi connectivity index (χ0v) is 9.28. The summed E-state index contributed by atoms with van der Waals surface area (Å²) in [7, 11) is -3.16. The highest BCUT2D eigenvalue weighted by atomic mass is 32.2. The Morgan fingerprint density at radius 3 is 2.00 bits per heavy atom. The van der Waals surface area contributed by atoms with E-state index in [0.717, 1.165) is 4.90 Å². The van der Waals surface area contributed by atoms with Gasteiger partial charge in [0.25, 0.3) is 0 Å². The van der Waals surface area contributed by atoms with Crippen LogP contribution in [0.5, 0.6) is 0 Å². The Labute approximate surface area is 89.1 Å². The van der Waals surface area contributed by atoms with E-state index >= 15 is 0 Å². The van der Waals surface area contributed by atoms with Crippen LogP contribution in [0.2, 0.25) is 0 Å². The van der Waals surface area contributed by atoms with Crippen LogP contribution in [-0.4, -0.2) is 73.7 Å². The molecule has 0 unspecified atom stereocenters. The standard InChI is InChI=1S/C8H17NO5S/c10-3-1-9(2-4-11)7-5-15(13,14)6-8(7)12/h7-8,10-12H,1-6H2/p+1/t7-,8-/m0/s1. The Kier molecular flexibility index (Phi) is 4.47. The third-order valence-electron chi connectivity index (χ3n) is 2.71. The predicted octanol–water partition coefficient (Wildman–Crippen LogP) is -3.99. The van der Waals surface area contributed by atoms with Gasteiger partial charge in [-0.3, -0.25) is 0 Å². The topological polar surface area (TPSA) is 99.3 Å². The molecule has 1 fully saturated rings. The molecule has 6 nitrogen and oxygen atoms in total. The molecule has 1 rings (SSSR count). The molecule has 0 aromatic heterocycles. The van der Waals surface area contributed by atoms with E-state index in [4.69, 9.17) is 10.2 Å². The van der Waals surface area contributed by atoms with Crippen molar-refractivity contribution >= 4 is 9.84 Å². The summed E-state index contributed by atoms with van der Waals surface area (Å²) >= 11 is 0. The van der Waals surface area contributed by atoms with Gasteiger partial charge in [-0.05, 0) is 0 Å². The van der Waals surface area contributed by atoms with Crippen LogP contribution in [0.1, 0.15) is 0 Å². The first-order valence-corrected chi connectivity index (χ1v) is 6.77. The molecule has 1 saturated heterocycles. The highest BCUT2D eigenvalue weighted by Gasteiger charge is 2.42. The van der Waals surface area contributed by atoms with Crippen molar-refractivity contribution in [1.29, 1.82) is 0 Å². The summed E-state index contributed by atoms with van der Waals surface area (Å²) in [6, 6.07) is -0.422. The number of aliphatic hydroxyl groups is 3. The van der Waals surface area contributed by atoms with Gasteiger partial charge in [0.2, 0.25) is 0 Å². The first-order valence-electron chi connectivity index (χ1n) is 4.95. The van der Waals surface area contributed by atoms with Crippen LogP contribution < -0.4 is 4.90 Å². The van der Waals surface area contributed by atoms with E-state index in [-0.39, 0.29) is 24.7 Å². The van der Waals surface area contributed by atoms with Gasteiger partial charge in [0, 0.05) is 0 Å². The first kappa shape index (κ1) is 12.9. The normalized spacial score (nSPS) is 29.9. The zero-order valence-electron chi connectivity index (χ0n) is 8.46. The van der Waals surface area contributed by atoms with Crippen molar-refractivity contribution in [1.82, 2.24) is 0 Å². The van der Waals surface area contributed by atoms with Gasteiger partial charge >= 0.3 is 0 Å². The maximum Gasteiger partial charge on any atom is 0.159 e. The summed E-state index contributed by atoms with van der Waals surface area (Å²) in [4.78, 5) is 0.744. The van der Waals surface area contributed by atoms with Crippen molar-refractivity contribution in [2.24, 2.45) is 0 Å². The molecule has 0 aromatic rings. The Morgan fingerprint density at radius 1 is 1.13 bits per heavy atom. The molecular weight excluding hydrogens is 222 g/mol. The van der Waals surface area contributed by atoms with E-state index in [9.17, 15) is 13.5 Å². The molecule has 15 heavy (non-hydrogen) atoms. The van der Waals surface area contributed by atoms with Crippen LogP contribution in [0, 0.1) is 0 Å². The monoisotopic (exact) mass is 240 g/mol. The van der Waals surface area contributed by atoms with Gasteiger partial charge in [-0.25, -0.2) is 8.42 Å². The van der Waals surface area contributed by atoms with E-state index in [1.807, 2.05) is 0 Å². The summed E-state index contributed by atoms with van der Waals surface area (Å²) in [5.41, 5.74) is 0. The Hall–Kier alpha value is -0.210. The predicted molar refractivity (Wildman–Crippen MR) is 53.3 cm³/mol. The Bertz CT molecular complexity index is 285. The molecule has 0 aromatic carbocycles. The van der Waals surface area contributed by atoms with Crippen LogP contribution >= 0.6 is 0 Å². The summed E-state index contributed by atoms with van der Waals surface area (Å²) < 4.78 is 22.5. The average molecular weight is 240 g/mol. The molecule has 90 valence electrons. The molecule has 1 aliphatic rings. The number of nitrogens with one attached hydrogen (secondary N) is 1. The maximum atomic E-state index is 11.3. The van der Waals surface area contributed by atoms with Crippen LogP contribution in [0.4, 0.5) is 0 Å². The van der Waals surface area contributed by atoms with E-state index in [2.05, 4.69) is 0 Å². The lowest BCUT2D eigenvalue weighted by Gasteiger charge is -2.25. The second kappa shape index (κ2) is 5.22.